The Bertz CT molecular complexity index is 1740. The fraction of sp³-hybridized carbons (Fsp3) is 0.652. The first-order valence-corrected chi connectivity index (χ1v) is 21.8. The second-order valence-electron chi connectivity index (χ2n) is 11.1. The van der Waals surface area contributed by atoms with E-state index < -0.39 is 84.3 Å². The number of alkyl carbamates (subject to hydrolysis) is 2. The number of amides is 2. The molecule has 2 rings (SSSR count). The average molecular weight is 858 g/mol. The van der Waals surface area contributed by atoms with E-state index in [-0.39, 0.29) is 25.1 Å². The monoisotopic (exact) mass is 857 g/mol. The summed E-state index contributed by atoms with van der Waals surface area (Å²) in [4.78, 5) is 89.7. The summed E-state index contributed by atoms with van der Waals surface area (Å²) in [5.74, 6) is 1.07. The number of H-pyrrole nitrogens is 1. The van der Waals surface area contributed by atoms with Gasteiger partial charge < -0.3 is 49.2 Å². The highest BCUT2D eigenvalue weighted by Crippen LogP contribution is 2.66. The van der Waals surface area contributed by atoms with Gasteiger partial charge in [0.1, 0.15) is 31.3 Å². The SMILES string of the molecule is CC(C)(C)OC(=O)NCCSSCCOC(=O)NC/C=C/c1cn([C@H]2CC(OCN=[N+]=[N-])[C@@H](COP(=O)(O)OP(=O)(O)OP(=O)(O)O)O2)c(=O)[nH]c1=O. The number of ether oxygens (including phenoxy) is 4. The topological polar surface area (TPSA) is 359 Å². The molecule has 1 saturated heterocycles. The number of phosphoric ester groups is 1. The van der Waals surface area contributed by atoms with E-state index in [0.29, 0.717) is 18.1 Å². The summed E-state index contributed by atoms with van der Waals surface area (Å²) in [6, 6.07) is 0. The lowest BCUT2D eigenvalue weighted by Gasteiger charge is -2.21. The van der Waals surface area contributed by atoms with Gasteiger partial charge in [0, 0.05) is 42.1 Å². The van der Waals surface area contributed by atoms with Gasteiger partial charge in [0.2, 0.25) is 0 Å². The number of phosphoric acid groups is 3. The Labute approximate surface area is 307 Å². The zero-order chi connectivity index (χ0) is 39.9. The lowest BCUT2D eigenvalue weighted by molar-refractivity contribution is -0.0601. The number of aromatic amines is 1. The van der Waals surface area contributed by atoms with Crippen molar-refractivity contribution in [2.24, 2.45) is 5.11 Å². The summed E-state index contributed by atoms with van der Waals surface area (Å²) in [5.41, 5.74) is 6.14. The van der Waals surface area contributed by atoms with Crippen LogP contribution in [0, 0.1) is 0 Å². The van der Waals surface area contributed by atoms with Crippen LogP contribution < -0.4 is 21.9 Å². The van der Waals surface area contributed by atoms with Crippen LogP contribution in [0.25, 0.3) is 16.5 Å². The fourth-order valence-electron chi connectivity index (χ4n) is 3.83. The van der Waals surface area contributed by atoms with Gasteiger partial charge in [-0.2, -0.15) is 8.62 Å². The number of aromatic nitrogens is 2. The molecule has 0 aromatic carbocycles. The van der Waals surface area contributed by atoms with Crippen molar-refractivity contribution in [2.45, 2.75) is 51.2 Å². The lowest BCUT2D eigenvalue weighted by Crippen LogP contribution is -2.33. The van der Waals surface area contributed by atoms with Crippen LogP contribution in [0.4, 0.5) is 9.59 Å². The molecular weight excluding hydrogens is 819 g/mol. The Kier molecular flexibility index (Phi) is 18.8. The molecule has 1 aliphatic heterocycles. The van der Waals surface area contributed by atoms with E-state index in [1.54, 1.807) is 20.8 Å². The van der Waals surface area contributed by atoms with E-state index in [9.17, 15) is 42.7 Å². The van der Waals surface area contributed by atoms with Crippen LogP contribution in [-0.2, 0) is 45.8 Å². The molecule has 0 saturated carbocycles. The number of rotatable bonds is 21. The first-order valence-electron chi connectivity index (χ1n) is 14.8. The van der Waals surface area contributed by atoms with E-state index in [0.717, 1.165) is 10.8 Å². The fourth-order valence-corrected chi connectivity index (χ4v) is 8.59. The van der Waals surface area contributed by atoms with E-state index in [4.69, 9.17) is 34.3 Å². The highest BCUT2D eigenvalue weighted by molar-refractivity contribution is 8.76. The number of nitrogens with one attached hydrogen (secondary N) is 3. The molecule has 1 aliphatic rings. The number of carbonyl (C=O) groups is 2. The molecule has 1 aromatic heterocycles. The normalized spacial score (nSPS) is 19.9. The first-order chi connectivity index (χ1) is 24.6. The minimum absolute atomic E-state index is 0.0683. The number of nitrogens with zero attached hydrogens (tertiary/aromatic N) is 4. The Morgan fingerprint density at radius 1 is 1.11 bits per heavy atom. The standard InChI is InChI=1S/C23H38N7O18P3S2/c1-23(2,3)46-22(34)26-7-9-52-53-10-8-42-21(33)25-6-4-5-15-12-30(20(32)28-19(15)31)18-11-16(43-14-27-29-24)17(45-18)13-44-50(38,39)48-51(40,41)47-49(35,36)37/h4-5,12,16-18H,6-11,13-14H2,1-3H3,(H,25,33)(H,26,34)(H,38,39)(H,40,41)(H,28,31,32)(H2,35,36,37)/b5-4+/t16?,17-,18-/m1/s1. The predicted octanol–water partition coefficient (Wildman–Crippen LogP) is 2.47. The highest BCUT2D eigenvalue weighted by atomic mass is 33.1. The minimum atomic E-state index is -5.80. The largest absolute Gasteiger partial charge is 0.490 e. The van der Waals surface area contributed by atoms with Crippen LogP contribution >= 0.6 is 45.1 Å². The maximum Gasteiger partial charge on any atom is 0.490 e. The van der Waals surface area contributed by atoms with Crippen LogP contribution in [0.3, 0.4) is 0 Å². The van der Waals surface area contributed by atoms with Gasteiger partial charge in [0.15, 0.2) is 0 Å². The van der Waals surface area contributed by atoms with Crippen LogP contribution in [0.15, 0.2) is 27.0 Å². The molecule has 25 nitrogen and oxygen atoms in total. The van der Waals surface area contributed by atoms with Crippen molar-refractivity contribution in [2.75, 3.05) is 44.5 Å². The van der Waals surface area contributed by atoms with Gasteiger partial charge in [-0.05, 0) is 26.3 Å². The highest BCUT2D eigenvalue weighted by Gasteiger charge is 2.43. The molecule has 53 heavy (non-hydrogen) atoms. The number of carbonyl (C=O) groups excluding carboxylic acids is 2. The van der Waals surface area contributed by atoms with Crippen molar-refractivity contribution in [3.8, 4) is 0 Å². The summed E-state index contributed by atoms with van der Waals surface area (Å²) < 4.78 is 68.7. The summed E-state index contributed by atoms with van der Waals surface area (Å²) in [7, 11) is -14.1. The third kappa shape index (κ3) is 19.5. The zero-order valence-corrected chi connectivity index (χ0v) is 32.4. The molecule has 1 aromatic rings. The van der Waals surface area contributed by atoms with E-state index in [1.165, 1.54) is 33.7 Å². The predicted molar refractivity (Wildman–Crippen MR) is 186 cm³/mol. The van der Waals surface area contributed by atoms with Gasteiger partial charge in [0.05, 0.1) is 18.3 Å². The molecular formula is C23H38N7O18P3S2. The van der Waals surface area contributed by atoms with Crippen molar-refractivity contribution in [3.63, 3.8) is 0 Å². The smallest absolute Gasteiger partial charge is 0.449 e. The van der Waals surface area contributed by atoms with Crippen molar-refractivity contribution < 1.29 is 75.0 Å². The van der Waals surface area contributed by atoms with Crippen LogP contribution in [0.1, 0.15) is 39.0 Å². The van der Waals surface area contributed by atoms with E-state index >= 15 is 0 Å². The summed E-state index contributed by atoms with van der Waals surface area (Å²) in [6.45, 7) is 4.17. The molecule has 300 valence electrons. The molecule has 30 heteroatoms. The molecule has 2 amide bonds. The Morgan fingerprint density at radius 2 is 1.81 bits per heavy atom. The number of hydrogen-bond acceptors (Lipinski definition) is 17. The van der Waals surface area contributed by atoms with Gasteiger partial charge in [-0.15, -0.1) is 0 Å². The van der Waals surface area contributed by atoms with Crippen LogP contribution in [0.5, 0.6) is 0 Å². The third-order valence-electron chi connectivity index (χ3n) is 5.71. The minimum Gasteiger partial charge on any atom is -0.449 e. The Morgan fingerprint density at radius 3 is 2.47 bits per heavy atom. The molecule has 3 unspecified atom stereocenters. The lowest BCUT2D eigenvalue weighted by atomic mass is 10.2. The van der Waals surface area contributed by atoms with E-state index in [2.05, 4.69) is 38.8 Å². The quantitative estimate of drug-likeness (QED) is 0.0233. The molecule has 0 bridgehead atoms. The van der Waals surface area contributed by atoms with Crippen LogP contribution in [-0.4, -0.2) is 104 Å². The maximum atomic E-state index is 12.7. The average Bonchev–Trinajstić information content (AvgIpc) is 3.40. The zero-order valence-electron chi connectivity index (χ0n) is 28.1. The van der Waals surface area contributed by atoms with Crippen molar-refractivity contribution in [3.05, 3.63) is 49.1 Å². The molecule has 5 atom stereocenters. The molecule has 0 radical (unpaired) electrons. The number of hydrogen-bond donors (Lipinski definition) is 7. The second-order valence-corrected chi connectivity index (χ2v) is 18.2. The molecule has 2 heterocycles. The molecule has 0 aliphatic carbocycles. The summed E-state index contributed by atoms with van der Waals surface area (Å²) in [5, 5.41) is 8.27. The van der Waals surface area contributed by atoms with Crippen molar-refractivity contribution >= 4 is 63.3 Å². The molecule has 1 fully saturated rings. The van der Waals surface area contributed by atoms with Crippen molar-refractivity contribution in [1.29, 1.82) is 0 Å². The maximum absolute atomic E-state index is 12.7. The molecule has 0 spiro atoms. The molecule has 7 N–H and O–H groups in total. The van der Waals surface area contributed by atoms with Gasteiger partial charge >= 0.3 is 41.3 Å². The van der Waals surface area contributed by atoms with Crippen molar-refractivity contribution in [1.82, 2.24) is 20.2 Å². The van der Waals surface area contributed by atoms with Crippen LogP contribution in [0.2, 0.25) is 0 Å². The van der Waals surface area contributed by atoms with E-state index in [1.807, 2.05) is 0 Å². The first kappa shape index (κ1) is 46.5. The Balaban J connectivity index is 1.91. The van der Waals surface area contributed by atoms with Gasteiger partial charge in [-0.3, -0.25) is 18.9 Å². The van der Waals surface area contributed by atoms with Gasteiger partial charge in [0.25, 0.3) is 5.56 Å². The number of azide groups is 1. The van der Waals surface area contributed by atoms with Gasteiger partial charge in [-0.1, -0.05) is 38.9 Å². The van der Waals surface area contributed by atoms with Gasteiger partial charge in [-0.25, -0.2) is 28.1 Å². The Hall–Kier alpha value is -2.70. The summed E-state index contributed by atoms with van der Waals surface area (Å²) >= 11 is 0. The second kappa shape index (κ2) is 21.4. The summed E-state index contributed by atoms with van der Waals surface area (Å²) in [6.07, 6.45) is -1.39. The third-order valence-corrected chi connectivity index (χ3v) is 11.9.